The molecule has 2 N–H and O–H groups in total. The number of imidazole rings is 1. The summed E-state index contributed by atoms with van der Waals surface area (Å²) < 4.78 is 1.97. The van der Waals surface area contributed by atoms with E-state index in [9.17, 15) is 0 Å². The highest BCUT2D eigenvalue weighted by molar-refractivity contribution is 5.44. The second-order valence-corrected chi connectivity index (χ2v) is 5.33. The molecule has 1 aliphatic heterocycles. The first-order valence-corrected chi connectivity index (χ1v) is 6.54. The van der Waals surface area contributed by atoms with Crippen LogP contribution in [0.25, 0.3) is 0 Å². The Labute approximate surface area is 113 Å². The first-order valence-electron chi connectivity index (χ1n) is 6.54. The molecule has 0 radical (unpaired) electrons. The molecule has 100 valence electrons. The fourth-order valence-electron chi connectivity index (χ4n) is 2.65. The molecule has 0 spiro atoms. The van der Waals surface area contributed by atoms with Gasteiger partial charge in [-0.25, -0.2) is 9.97 Å². The molecule has 1 saturated heterocycles. The largest absolute Gasteiger partial charge is 0.354 e. The van der Waals surface area contributed by atoms with E-state index in [1.807, 2.05) is 30.2 Å². The number of anilines is 1. The summed E-state index contributed by atoms with van der Waals surface area (Å²) in [6.45, 7) is 3.80. The predicted molar refractivity (Wildman–Crippen MR) is 75.1 cm³/mol. The summed E-state index contributed by atoms with van der Waals surface area (Å²) in [5.41, 5.74) is 8.56. The van der Waals surface area contributed by atoms with Gasteiger partial charge in [0.05, 0.1) is 12.0 Å². The van der Waals surface area contributed by atoms with Crippen molar-refractivity contribution in [3.05, 3.63) is 42.1 Å². The first kappa shape index (κ1) is 12.2. The van der Waals surface area contributed by atoms with Crippen molar-refractivity contribution in [2.45, 2.75) is 18.9 Å². The second kappa shape index (κ2) is 4.66. The normalized spacial score (nSPS) is 23.0. The van der Waals surface area contributed by atoms with Gasteiger partial charge in [0.1, 0.15) is 5.82 Å². The average molecular weight is 257 g/mol. The Kier molecular flexibility index (Phi) is 2.98. The summed E-state index contributed by atoms with van der Waals surface area (Å²) in [7, 11) is 1.98. The number of pyridine rings is 1. The standard InChI is InChI=1S/C14H19N5/c1-10-3-4-16-14(5-10)19-6-11(12(15)7-19)13-8-18(2)9-17-13/h3-5,8-9,11-12H,6-7,15H2,1-2H3/t11-,12-/m1/s1. The molecular formula is C14H19N5. The fraction of sp³-hybridized carbons (Fsp3) is 0.429. The number of nitrogens with two attached hydrogens (primary N) is 1. The van der Waals surface area contributed by atoms with Gasteiger partial charge in [0.2, 0.25) is 0 Å². The summed E-state index contributed by atoms with van der Waals surface area (Å²) in [6.07, 6.45) is 5.73. The van der Waals surface area contributed by atoms with Crippen LogP contribution in [0.3, 0.4) is 0 Å². The van der Waals surface area contributed by atoms with Crippen molar-refractivity contribution in [2.75, 3.05) is 18.0 Å². The molecule has 5 heteroatoms. The molecule has 0 unspecified atom stereocenters. The molecule has 3 heterocycles. The lowest BCUT2D eigenvalue weighted by Gasteiger charge is -2.17. The molecule has 19 heavy (non-hydrogen) atoms. The Hall–Kier alpha value is -1.88. The third kappa shape index (κ3) is 2.33. The average Bonchev–Trinajstić information content (AvgIpc) is 2.95. The molecule has 2 atom stereocenters. The maximum atomic E-state index is 6.27. The Morgan fingerprint density at radius 1 is 1.32 bits per heavy atom. The minimum absolute atomic E-state index is 0.109. The van der Waals surface area contributed by atoms with Crippen LogP contribution in [0.5, 0.6) is 0 Å². The first-order chi connectivity index (χ1) is 9.13. The van der Waals surface area contributed by atoms with Crippen LogP contribution in [-0.2, 0) is 7.05 Å². The van der Waals surface area contributed by atoms with E-state index in [0.29, 0.717) is 0 Å². The van der Waals surface area contributed by atoms with Gasteiger partial charge in [-0.05, 0) is 24.6 Å². The summed E-state index contributed by atoms with van der Waals surface area (Å²) in [4.78, 5) is 11.1. The number of hydrogen-bond donors (Lipinski definition) is 1. The van der Waals surface area contributed by atoms with E-state index in [1.54, 1.807) is 0 Å². The highest BCUT2D eigenvalue weighted by atomic mass is 15.2. The van der Waals surface area contributed by atoms with Crippen molar-refractivity contribution in [3.63, 3.8) is 0 Å². The van der Waals surface area contributed by atoms with Crippen LogP contribution in [0.15, 0.2) is 30.9 Å². The van der Waals surface area contributed by atoms with Crippen LogP contribution < -0.4 is 10.6 Å². The lowest BCUT2D eigenvalue weighted by Crippen LogP contribution is -2.29. The Morgan fingerprint density at radius 3 is 2.84 bits per heavy atom. The van der Waals surface area contributed by atoms with E-state index in [0.717, 1.165) is 24.6 Å². The van der Waals surface area contributed by atoms with E-state index in [-0.39, 0.29) is 12.0 Å². The third-order valence-electron chi connectivity index (χ3n) is 3.69. The van der Waals surface area contributed by atoms with Crippen LogP contribution in [0.4, 0.5) is 5.82 Å². The fourth-order valence-corrected chi connectivity index (χ4v) is 2.65. The predicted octanol–water partition coefficient (Wildman–Crippen LogP) is 1.05. The Bertz CT molecular complexity index is 577. The molecule has 1 fully saturated rings. The topological polar surface area (TPSA) is 60.0 Å². The minimum atomic E-state index is 0.109. The summed E-state index contributed by atoms with van der Waals surface area (Å²) in [5.74, 6) is 1.29. The molecule has 0 aliphatic carbocycles. The lowest BCUT2D eigenvalue weighted by atomic mass is 10.0. The van der Waals surface area contributed by atoms with Gasteiger partial charge in [0.25, 0.3) is 0 Å². The summed E-state index contributed by atoms with van der Waals surface area (Å²) >= 11 is 0. The van der Waals surface area contributed by atoms with E-state index in [1.165, 1.54) is 5.56 Å². The van der Waals surface area contributed by atoms with Gasteiger partial charge < -0.3 is 15.2 Å². The van der Waals surface area contributed by atoms with Gasteiger partial charge in [-0.2, -0.15) is 0 Å². The smallest absolute Gasteiger partial charge is 0.128 e. The van der Waals surface area contributed by atoms with Crippen molar-refractivity contribution in [2.24, 2.45) is 12.8 Å². The van der Waals surface area contributed by atoms with Gasteiger partial charge in [-0.3, -0.25) is 0 Å². The molecule has 0 aromatic carbocycles. The Morgan fingerprint density at radius 2 is 2.16 bits per heavy atom. The van der Waals surface area contributed by atoms with E-state index in [4.69, 9.17) is 5.73 Å². The van der Waals surface area contributed by atoms with Crippen LogP contribution in [0.2, 0.25) is 0 Å². The number of aryl methyl sites for hydroxylation is 2. The molecule has 5 nitrogen and oxygen atoms in total. The van der Waals surface area contributed by atoms with Crippen LogP contribution >= 0.6 is 0 Å². The van der Waals surface area contributed by atoms with Gasteiger partial charge in [-0.1, -0.05) is 0 Å². The molecule has 0 saturated carbocycles. The summed E-state index contributed by atoms with van der Waals surface area (Å²) in [5, 5.41) is 0. The molecule has 2 aromatic heterocycles. The third-order valence-corrected chi connectivity index (χ3v) is 3.69. The van der Waals surface area contributed by atoms with Crippen LogP contribution in [-0.4, -0.2) is 33.7 Å². The van der Waals surface area contributed by atoms with Gasteiger partial charge in [-0.15, -0.1) is 0 Å². The molecular weight excluding hydrogens is 238 g/mol. The number of hydrogen-bond acceptors (Lipinski definition) is 4. The van der Waals surface area contributed by atoms with E-state index in [2.05, 4.69) is 34.1 Å². The van der Waals surface area contributed by atoms with Gasteiger partial charge in [0.15, 0.2) is 0 Å². The highest BCUT2D eigenvalue weighted by Gasteiger charge is 2.33. The zero-order chi connectivity index (χ0) is 13.4. The lowest BCUT2D eigenvalue weighted by molar-refractivity contribution is 0.639. The maximum absolute atomic E-state index is 6.27. The molecule has 1 aliphatic rings. The van der Waals surface area contributed by atoms with Crippen LogP contribution in [0.1, 0.15) is 17.2 Å². The number of aromatic nitrogens is 3. The van der Waals surface area contributed by atoms with Crippen molar-refractivity contribution in [1.82, 2.24) is 14.5 Å². The quantitative estimate of drug-likeness (QED) is 0.873. The Balaban J connectivity index is 1.82. The van der Waals surface area contributed by atoms with E-state index >= 15 is 0 Å². The molecule has 3 rings (SSSR count). The SMILES string of the molecule is Cc1ccnc(N2C[C@@H](N)[C@H](c3cn(C)cn3)C2)c1. The van der Waals surface area contributed by atoms with E-state index < -0.39 is 0 Å². The van der Waals surface area contributed by atoms with Crippen molar-refractivity contribution in [3.8, 4) is 0 Å². The molecule has 2 aromatic rings. The monoisotopic (exact) mass is 257 g/mol. The van der Waals surface area contributed by atoms with Crippen LogP contribution in [0, 0.1) is 6.92 Å². The maximum Gasteiger partial charge on any atom is 0.128 e. The zero-order valence-electron chi connectivity index (χ0n) is 11.3. The van der Waals surface area contributed by atoms with Crippen molar-refractivity contribution < 1.29 is 0 Å². The zero-order valence-corrected chi connectivity index (χ0v) is 11.3. The number of rotatable bonds is 2. The number of nitrogens with zero attached hydrogens (tertiary/aromatic N) is 4. The highest BCUT2D eigenvalue weighted by Crippen LogP contribution is 2.28. The van der Waals surface area contributed by atoms with Gasteiger partial charge in [0, 0.05) is 44.5 Å². The second-order valence-electron chi connectivity index (χ2n) is 5.33. The van der Waals surface area contributed by atoms with Crippen molar-refractivity contribution >= 4 is 5.82 Å². The molecule has 0 bridgehead atoms. The van der Waals surface area contributed by atoms with Gasteiger partial charge >= 0.3 is 0 Å². The minimum Gasteiger partial charge on any atom is -0.354 e. The summed E-state index contributed by atoms with van der Waals surface area (Å²) in [6, 6.07) is 4.22. The molecule has 0 amide bonds. The van der Waals surface area contributed by atoms with Crippen molar-refractivity contribution in [1.29, 1.82) is 0 Å².